The molecule has 4 heterocycles. The molecule has 0 radical (unpaired) electrons. The average molecular weight is 302 g/mol. The van der Waals surface area contributed by atoms with Crippen LogP contribution >= 0.6 is 0 Å². The Kier molecular flexibility index (Phi) is 3.90. The van der Waals surface area contributed by atoms with Crippen LogP contribution in [0.25, 0.3) is 11.5 Å². The van der Waals surface area contributed by atoms with Crippen LogP contribution in [0.3, 0.4) is 0 Å². The van der Waals surface area contributed by atoms with Crippen molar-refractivity contribution in [1.82, 2.24) is 29.9 Å². The largest absolute Gasteiger partial charge is 0.376 e. The first kappa shape index (κ1) is 13.9. The number of piperidine rings is 1. The molecular formula is C15H22N6O. The summed E-state index contributed by atoms with van der Waals surface area (Å²) in [6.45, 7) is 3.82. The third kappa shape index (κ3) is 2.78. The fourth-order valence-corrected chi connectivity index (χ4v) is 3.33. The highest BCUT2D eigenvalue weighted by atomic mass is 16.5. The van der Waals surface area contributed by atoms with Crippen LogP contribution in [0.5, 0.6) is 0 Å². The highest BCUT2D eigenvalue weighted by Gasteiger charge is 2.21. The smallest absolute Gasteiger partial charge is 0.162 e. The first-order valence-electron chi connectivity index (χ1n) is 8.16. The standard InChI is InChI=1S/C15H22N6O/c1-2-13(22-9-1)10-20-8-7-17-15(20)14-11-21(19-18-14)12-3-5-16-6-4-12/h7-8,11-13,16H,1-6,9-10H2/t13-/m1/s1. The molecular weight excluding hydrogens is 280 g/mol. The van der Waals surface area contributed by atoms with Gasteiger partial charge in [0.15, 0.2) is 5.82 Å². The minimum absolute atomic E-state index is 0.299. The zero-order valence-corrected chi connectivity index (χ0v) is 12.7. The molecule has 0 saturated carbocycles. The predicted octanol–water partition coefficient (Wildman–Crippen LogP) is 1.25. The Hall–Kier alpha value is -1.73. The van der Waals surface area contributed by atoms with Gasteiger partial charge in [-0.05, 0) is 38.8 Å². The van der Waals surface area contributed by atoms with Gasteiger partial charge < -0.3 is 14.6 Å². The van der Waals surface area contributed by atoms with Gasteiger partial charge in [0, 0.05) is 19.0 Å². The van der Waals surface area contributed by atoms with E-state index in [0.717, 1.165) is 63.4 Å². The second kappa shape index (κ2) is 6.18. The summed E-state index contributed by atoms with van der Waals surface area (Å²) in [5, 5.41) is 12.0. The van der Waals surface area contributed by atoms with Crippen molar-refractivity contribution in [3.05, 3.63) is 18.6 Å². The molecule has 4 rings (SSSR count). The minimum atomic E-state index is 0.299. The van der Waals surface area contributed by atoms with Crippen molar-refractivity contribution in [1.29, 1.82) is 0 Å². The lowest BCUT2D eigenvalue weighted by molar-refractivity contribution is 0.0973. The molecule has 7 heteroatoms. The van der Waals surface area contributed by atoms with Crippen LogP contribution in [-0.2, 0) is 11.3 Å². The summed E-state index contributed by atoms with van der Waals surface area (Å²) >= 11 is 0. The number of ether oxygens (including phenoxy) is 1. The van der Waals surface area contributed by atoms with Crippen molar-refractivity contribution in [2.24, 2.45) is 0 Å². The lowest BCUT2D eigenvalue weighted by Crippen LogP contribution is -2.29. The Bertz CT molecular complexity index is 609. The van der Waals surface area contributed by atoms with Crippen molar-refractivity contribution >= 4 is 0 Å². The number of aromatic nitrogens is 5. The summed E-state index contributed by atoms with van der Waals surface area (Å²) in [7, 11) is 0. The second-order valence-corrected chi connectivity index (χ2v) is 6.10. The van der Waals surface area contributed by atoms with Gasteiger partial charge in [-0.2, -0.15) is 0 Å². The van der Waals surface area contributed by atoms with Crippen molar-refractivity contribution in [2.45, 2.75) is 44.4 Å². The highest BCUT2D eigenvalue weighted by Crippen LogP contribution is 2.22. The van der Waals surface area contributed by atoms with E-state index in [-0.39, 0.29) is 0 Å². The van der Waals surface area contributed by atoms with E-state index in [1.807, 2.05) is 23.3 Å². The molecule has 2 saturated heterocycles. The van der Waals surface area contributed by atoms with E-state index in [0.29, 0.717) is 12.1 Å². The zero-order chi connectivity index (χ0) is 14.8. The molecule has 2 fully saturated rings. The lowest BCUT2D eigenvalue weighted by Gasteiger charge is -2.22. The molecule has 0 unspecified atom stereocenters. The SMILES string of the molecule is c1cn(C[C@H]2CCCO2)c(-c2cn(C3CCNCC3)nn2)n1. The van der Waals surface area contributed by atoms with Gasteiger partial charge in [-0.15, -0.1) is 5.10 Å². The highest BCUT2D eigenvalue weighted by molar-refractivity contribution is 5.47. The molecule has 0 aromatic carbocycles. The Labute approximate surface area is 129 Å². The first-order valence-corrected chi connectivity index (χ1v) is 8.16. The minimum Gasteiger partial charge on any atom is -0.376 e. The summed E-state index contributed by atoms with van der Waals surface area (Å²) in [4.78, 5) is 4.47. The quantitative estimate of drug-likeness (QED) is 0.920. The van der Waals surface area contributed by atoms with E-state index in [1.165, 1.54) is 0 Å². The zero-order valence-electron chi connectivity index (χ0n) is 12.7. The van der Waals surface area contributed by atoms with Crippen LogP contribution in [-0.4, -0.2) is 50.3 Å². The Morgan fingerprint density at radius 2 is 2.18 bits per heavy atom. The van der Waals surface area contributed by atoms with Crippen molar-refractivity contribution in [2.75, 3.05) is 19.7 Å². The third-order valence-corrected chi connectivity index (χ3v) is 4.56. The Morgan fingerprint density at radius 3 is 3.00 bits per heavy atom. The molecule has 0 bridgehead atoms. The van der Waals surface area contributed by atoms with Gasteiger partial charge in [0.2, 0.25) is 0 Å². The maximum atomic E-state index is 5.72. The molecule has 2 aromatic rings. The molecule has 2 aliphatic heterocycles. The van der Waals surface area contributed by atoms with E-state index in [4.69, 9.17) is 4.74 Å². The predicted molar refractivity (Wildman–Crippen MR) is 81.4 cm³/mol. The number of nitrogens with zero attached hydrogens (tertiary/aromatic N) is 5. The summed E-state index contributed by atoms with van der Waals surface area (Å²) in [5.74, 6) is 0.885. The van der Waals surface area contributed by atoms with E-state index >= 15 is 0 Å². The molecule has 1 atom stereocenters. The van der Waals surface area contributed by atoms with Gasteiger partial charge in [-0.1, -0.05) is 5.21 Å². The van der Waals surface area contributed by atoms with Crippen molar-refractivity contribution in [3.63, 3.8) is 0 Å². The summed E-state index contributed by atoms with van der Waals surface area (Å²) in [6.07, 6.45) is 10.6. The van der Waals surface area contributed by atoms with Crippen LogP contribution in [0, 0.1) is 0 Å². The molecule has 0 spiro atoms. The van der Waals surface area contributed by atoms with E-state index in [2.05, 4.69) is 25.2 Å². The van der Waals surface area contributed by atoms with Gasteiger partial charge in [0.05, 0.1) is 24.9 Å². The lowest BCUT2D eigenvalue weighted by atomic mass is 10.1. The maximum Gasteiger partial charge on any atom is 0.162 e. The molecule has 7 nitrogen and oxygen atoms in total. The molecule has 2 aliphatic rings. The fraction of sp³-hybridized carbons (Fsp3) is 0.667. The molecule has 22 heavy (non-hydrogen) atoms. The van der Waals surface area contributed by atoms with E-state index in [9.17, 15) is 0 Å². The Balaban J connectivity index is 1.52. The fourth-order valence-electron chi connectivity index (χ4n) is 3.33. The molecule has 0 aliphatic carbocycles. The third-order valence-electron chi connectivity index (χ3n) is 4.56. The van der Waals surface area contributed by atoms with Crippen molar-refractivity contribution < 1.29 is 4.74 Å². The van der Waals surface area contributed by atoms with Gasteiger partial charge in [-0.25, -0.2) is 9.67 Å². The van der Waals surface area contributed by atoms with Gasteiger partial charge in [0.25, 0.3) is 0 Å². The van der Waals surface area contributed by atoms with Crippen LogP contribution in [0.1, 0.15) is 31.7 Å². The first-order chi connectivity index (χ1) is 10.9. The summed E-state index contributed by atoms with van der Waals surface area (Å²) in [5.41, 5.74) is 0.849. The topological polar surface area (TPSA) is 69.8 Å². The number of rotatable bonds is 4. The van der Waals surface area contributed by atoms with Gasteiger partial charge in [-0.3, -0.25) is 0 Å². The summed E-state index contributed by atoms with van der Waals surface area (Å²) < 4.78 is 9.85. The van der Waals surface area contributed by atoms with Gasteiger partial charge in [0.1, 0.15) is 5.69 Å². The van der Waals surface area contributed by atoms with E-state index in [1.54, 1.807) is 0 Å². The van der Waals surface area contributed by atoms with Gasteiger partial charge >= 0.3 is 0 Å². The molecule has 1 N–H and O–H groups in total. The van der Waals surface area contributed by atoms with Crippen LogP contribution in [0.2, 0.25) is 0 Å². The molecule has 2 aromatic heterocycles. The Morgan fingerprint density at radius 1 is 1.27 bits per heavy atom. The molecule has 118 valence electrons. The summed E-state index contributed by atoms with van der Waals surface area (Å²) in [6, 6.07) is 0.448. The van der Waals surface area contributed by atoms with Crippen LogP contribution < -0.4 is 5.32 Å². The van der Waals surface area contributed by atoms with Crippen molar-refractivity contribution in [3.8, 4) is 11.5 Å². The monoisotopic (exact) mass is 302 g/mol. The van der Waals surface area contributed by atoms with Crippen LogP contribution in [0.4, 0.5) is 0 Å². The number of hydrogen-bond acceptors (Lipinski definition) is 5. The average Bonchev–Trinajstić information content (AvgIpc) is 3.30. The van der Waals surface area contributed by atoms with E-state index < -0.39 is 0 Å². The second-order valence-electron chi connectivity index (χ2n) is 6.10. The number of imidazole rings is 1. The van der Waals surface area contributed by atoms with Crippen LogP contribution in [0.15, 0.2) is 18.6 Å². The molecule has 0 amide bonds. The number of nitrogens with one attached hydrogen (secondary N) is 1. The number of hydrogen-bond donors (Lipinski definition) is 1. The normalized spacial score (nSPS) is 23.2. The maximum absolute atomic E-state index is 5.72.